The number of hydrogen-bond acceptors (Lipinski definition) is 5. The predicted molar refractivity (Wildman–Crippen MR) is 144 cm³/mol. The van der Waals surface area contributed by atoms with Crippen LogP contribution in [0.2, 0.25) is 0 Å². The minimum absolute atomic E-state index is 0.0180. The smallest absolute Gasteiger partial charge is 0.280 e. The minimum atomic E-state index is -0.202. The number of fused-ring (bicyclic) bond motifs is 1. The molecule has 1 fully saturated rings. The van der Waals surface area contributed by atoms with Gasteiger partial charge in [-0.1, -0.05) is 18.2 Å². The first-order valence-corrected chi connectivity index (χ1v) is 13.2. The topological polar surface area (TPSA) is 90.0 Å². The van der Waals surface area contributed by atoms with Crippen LogP contribution in [0.25, 0.3) is 22.4 Å². The Morgan fingerprint density at radius 1 is 1.05 bits per heavy atom. The van der Waals surface area contributed by atoms with E-state index in [2.05, 4.69) is 22.2 Å². The molecule has 9 nitrogen and oxygen atoms in total. The maximum Gasteiger partial charge on any atom is 0.280 e. The van der Waals surface area contributed by atoms with Gasteiger partial charge < -0.3 is 14.8 Å². The Morgan fingerprint density at radius 3 is 2.51 bits per heavy atom. The molecule has 0 spiro atoms. The zero-order valence-electron chi connectivity index (χ0n) is 21.6. The molecule has 37 heavy (non-hydrogen) atoms. The average molecular weight is 502 g/mol. The summed E-state index contributed by atoms with van der Waals surface area (Å²) in [5.41, 5.74) is 1.92. The maximum atomic E-state index is 13.6. The highest BCUT2D eigenvalue weighted by Gasteiger charge is 2.22. The van der Waals surface area contributed by atoms with Gasteiger partial charge in [0.1, 0.15) is 10.9 Å². The third-order valence-corrected chi connectivity index (χ3v) is 7.19. The van der Waals surface area contributed by atoms with Gasteiger partial charge in [0, 0.05) is 37.9 Å². The first-order chi connectivity index (χ1) is 18.0. The van der Waals surface area contributed by atoms with Gasteiger partial charge in [0.15, 0.2) is 5.82 Å². The molecule has 1 aliphatic rings. The van der Waals surface area contributed by atoms with Gasteiger partial charge in [-0.15, -0.1) is 0 Å². The van der Waals surface area contributed by atoms with Gasteiger partial charge in [-0.2, -0.15) is 10.2 Å². The monoisotopic (exact) mass is 501 g/mol. The molecule has 0 bridgehead atoms. The van der Waals surface area contributed by atoms with E-state index in [0.717, 1.165) is 25.2 Å². The lowest BCUT2D eigenvalue weighted by atomic mass is 10.2. The molecule has 5 rings (SSSR count). The van der Waals surface area contributed by atoms with Crippen LogP contribution in [0.5, 0.6) is 0 Å². The number of nitrogens with one attached hydrogen (secondary N) is 1. The number of carbonyl (C=O) groups is 1. The van der Waals surface area contributed by atoms with E-state index in [0.29, 0.717) is 54.4 Å². The summed E-state index contributed by atoms with van der Waals surface area (Å²) in [5, 5.41) is 12.9. The number of amides is 1. The van der Waals surface area contributed by atoms with Crippen LogP contribution >= 0.6 is 0 Å². The van der Waals surface area contributed by atoms with E-state index in [-0.39, 0.29) is 11.5 Å². The zero-order valence-corrected chi connectivity index (χ0v) is 21.6. The van der Waals surface area contributed by atoms with Gasteiger partial charge in [-0.25, -0.2) is 9.36 Å². The second-order valence-electron chi connectivity index (χ2n) is 9.83. The molecule has 4 heterocycles. The normalized spacial score (nSPS) is 14.9. The zero-order chi connectivity index (χ0) is 25.8. The van der Waals surface area contributed by atoms with E-state index in [1.54, 1.807) is 4.68 Å². The van der Waals surface area contributed by atoms with E-state index in [9.17, 15) is 9.59 Å². The standard InChI is InChI=1S/C28H35N7O2/c1-21(32-16-6-7-17-32)14-15-29-24(36)13-10-20-34-28(37)25-26(22(2)30-34)31-35(23-11-4-3-5-12-23)27(25)33-18-8-9-19-33/h3-5,8-9,11-12,18-19,21H,6-7,10,13-17,20H2,1-2H3,(H,29,36)/t21-/m0/s1. The first kappa shape index (κ1) is 25.0. The molecular weight excluding hydrogens is 466 g/mol. The Kier molecular flexibility index (Phi) is 7.50. The molecule has 9 heteroatoms. The molecule has 1 amide bonds. The van der Waals surface area contributed by atoms with E-state index in [1.807, 2.05) is 66.3 Å². The number of benzene rings is 1. The van der Waals surface area contributed by atoms with Crippen molar-refractivity contribution in [3.05, 3.63) is 70.9 Å². The first-order valence-electron chi connectivity index (χ1n) is 13.2. The number of aromatic nitrogens is 5. The second kappa shape index (κ2) is 11.1. The van der Waals surface area contributed by atoms with Gasteiger partial charge in [-0.3, -0.25) is 9.59 Å². The van der Waals surface area contributed by atoms with Crippen LogP contribution in [0.1, 0.15) is 44.7 Å². The molecule has 1 N–H and O–H groups in total. The number of nitrogens with zero attached hydrogens (tertiary/aromatic N) is 6. The molecule has 1 saturated heterocycles. The Hall–Kier alpha value is -3.72. The van der Waals surface area contributed by atoms with Crippen LogP contribution in [0.15, 0.2) is 59.7 Å². The van der Waals surface area contributed by atoms with Crippen molar-refractivity contribution in [2.24, 2.45) is 0 Å². The van der Waals surface area contributed by atoms with Crippen molar-refractivity contribution >= 4 is 16.8 Å². The van der Waals surface area contributed by atoms with Crippen molar-refractivity contribution in [3.8, 4) is 11.5 Å². The molecule has 194 valence electrons. The molecule has 4 aromatic rings. The van der Waals surface area contributed by atoms with Crippen molar-refractivity contribution in [1.29, 1.82) is 0 Å². The summed E-state index contributed by atoms with van der Waals surface area (Å²) in [5.74, 6) is 0.699. The van der Waals surface area contributed by atoms with Crippen LogP contribution in [0.4, 0.5) is 0 Å². The fourth-order valence-corrected chi connectivity index (χ4v) is 5.14. The Balaban J connectivity index is 1.30. The molecule has 1 aliphatic heterocycles. The number of hydrogen-bond donors (Lipinski definition) is 1. The summed E-state index contributed by atoms with van der Waals surface area (Å²) in [6.45, 7) is 7.48. The lowest BCUT2D eigenvalue weighted by Crippen LogP contribution is -2.34. The molecule has 1 aromatic carbocycles. The highest BCUT2D eigenvalue weighted by molar-refractivity contribution is 5.87. The summed E-state index contributed by atoms with van der Waals surface area (Å²) >= 11 is 0. The third kappa shape index (κ3) is 5.36. The number of rotatable bonds is 10. The molecular formula is C28H35N7O2. The fourth-order valence-electron chi connectivity index (χ4n) is 5.14. The van der Waals surface area contributed by atoms with Crippen LogP contribution in [-0.4, -0.2) is 60.6 Å². The Bertz CT molecular complexity index is 1400. The van der Waals surface area contributed by atoms with Crippen LogP contribution < -0.4 is 10.9 Å². The summed E-state index contributed by atoms with van der Waals surface area (Å²) in [6.07, 6.45) is 8.21. The van der Waals surface area contributed by atoms with Gasteiger partial charge in [0.2, 0.25) is 5.91 Å². The maximum absolute atomic E-state index is 13.6. The summed E-state index contributed by atoms with van der Waals surface area (Å²) in [6, 6.07) is 14.1. The van der Waals surface area contributed by atoms with Gasteiger partial charge in [0.05, 0.1) is 11.4 Å². The minimum Gasteiger partial charge on any atom is -0.356 e. The van der Waals surface area contributed by atoms with Crippen molar-refractivity contribution < 1.29 is 4.79 Å². The molecule has 1 atom stereocenters. The number of likely N-dealkylation sites (tertiary alicyclic amines) is 1. The van der Waals surface area contributed by atoms with E-state index in [4.69, 9.17) is 5.10 Å². The lowest BCUT2D eigenvalue weighted by molar-refractivity contribution is -0.121. The summed E-state index contributed by atoms with van der Waals surface area (Å²) in [4.78, 5) is 28.5. The number of para-hydroxylation sites is 1. The molecule has 3 aromatic heterocycles. The predicted octanol–water partition coefficient (Wildman–Crippen LogP) is 3.45. The van der Waals surface area contributed by atoms with Gasteiger partial charge in [-0.05, 0) is 76.9 Å². The van der Waals surface area contributed by atoms with Crippen molar-refractivity contribution in [2.75, 3.05) is 19.6 Å². The highest BCUT2D eigenvalue weighted by Crippen LogP contribution is 2.24. The van der Waals surface area contributed by atoms with E-state index < -0.39 is 0 Å². The lowest BCUT2D eigenvalue weighted by Gasteiger charge is -2.23. The summed E-state index contributed by atoms with van der Waals surface area (Å²) < 4.78 is 5.18. The largest absolute Gasteiger partial charge is 0.356 e. The third-order valence-electron chi connectivity index (χ3n) is 7.19. The SMILES string of the molecule is Cc1nn(CCCC(=O)NCC[C@H](C)N2CCCC2)c(=O)c2c(-n3cccc3)n(-c3ccccc3)nc12. The van der Waals surface area contributed by atoms with Gasteiger partial charge >= 0.3 is 0 Å². The van der Waals surface area contributed by atoms with Crippen LogP contribution in [0.3, 0.4) is 0 Å². The fraction of sp³-hybridized carbons (Fsp3) is 0.429. The highest BCUT2D eigenvalue weighted by atomic mass is 16.1. The van der Waals surface area contributed by atoms with E-state index in [1.165, 1.54) is 17.5 Å². The average Bonchev–Trinajstić information content (AvgIpc) is 3.68. The van der Waals surface area contributed by atoms with E-state index >= 15 is 0 Å². The van der Waals surface area contributed by atoms with Crippen LogP contribution in [-0.2, 0) is 11.3 Å². The van der Waals surface area contributed by atoms with Crippen molar-refractivity contribution in [3.63, 3.8) is 0 Å². The van der Waals surface area contributed by atoms with Gasteiger partial charge in [0.25, 0.3) is 5.56 Å². The van der Waals surface area contributed by atoms with Crippen molar-refractivity contribution in [1.82, 2.24) is 34.3 Å². The second-order valence-corrected chi connectivity index (χ2v) is 9.83. The number of carbonyl (C=O) groups excluding carboxylic acids is 1. The Morgan fingerprint density at radius 2 is 1.78 bits per heavy atom. The molecule has 0 aliphatic carbocycles. The quantitative estimate of drug-likeness (QED) is 0.360. The number of aryl methyl sites for hydroxylation is 2. The summed E-state index contributed by atoms with van der Waals surface area (Å²) in [7, 11) is 0. The van der Waals surface area contributed by atoms with Crippen molar-refractivity contribution in [2.45, 2.75) is 58.5 Å². The molecule has 0 unspecified atom stereocenters. The molecule has 0 saturated carbocycles. The molecule has 0 radical (unpaired) electrons. The van der Waals surface area contributed by atoms with Crippen LogP contribution in [0, 0.1) is 6.92 Å². The Labute approximate surface area is 216 Å².